The van der Waals surface area contributed by atoms with Gasteiger partial charge in [0.15, 0.2) is 6.54 Å². The van der Waals surface area contributed by atoms with Crippen LogP contribution >= 0.6 is 0 Å². The van der Waals surface area contributed by atoms with Crippen molar-refractivity contribution in [1.82, 2.24) is 0 Å². The largest absolute Gasteiger partial charge is 0.365 e. The second-order valence-electron chi connectivity index (χ2n) is 9.54. The smallest absolute Gasteiger partial charge is 0.319 e. The van der Waals surface area contributed by atoms with Gasteiger partial charge in [0.1, 0.15) is 0 Å². The summed E-state index contributed by atoms with van der Waals surface area (Å²) in [4.78, 5) is 0. The number of quaternary nitrogens is 2. The average molecular weight is 375 g/mol. The van der Waals surface area contributed by atoms with Crippen LogP contribution in [0.2, 0.25) is 0 Å². The molecule has 0 fully saturated rings. The lowest BCUT2D eigenvalue weighted by molar-refractivity contribution is -1.03. The monoisotopic (exact) mass is 374 g/mol. The highest BCUT2D eigenvalue weighted by atomic mass is 16.5. The minimum atomic E-state index is -1.67. The minimum Gasteiger partial charge on any atom is -0.319 e. The van der Waals surface area contributed by atoms with Crippen LogP contribution < -0.4 is 0 Å². The van der Waals surface area contributed by atoms with E-state index in [1.807, 2.05) is 14.1 Å². The van der Waals surface area contributed by atoms with E-state index < -0.39 is 5.91 Å². The molecule has 0 aliphatic heterocycles. The van der Waals surface area contributed by atoms with Crippen molar-refractivity contribution in [2.75, 3.05) is 47.8 Å². The normalized spacial score (nSPS) is 13.4. The summed E-state index contributed by atoms with van der Waals surface area (Å²) in [6, 6.07) is 0. The molecule has 0 atom stereocenters. The summed E-state index contributed by atoms with van der Waals surface area (Å²) in [5.41, 5.74) is 0. The lowest BCUT2D eigenvalue weighted by atomic mass is 10.1. The number of hydrogen-bond donors (Lipinski definition) is 2. The van der Waals surface area contributed by atoms with Crippen molar-refractivity contribution in [3.05, 3.63) is 0 Å². The van der Waals surface area contributed by atoms with Crippen LogP contribution in [0.3, 0.4) is 0 Å². The Labute approximate surface area is 164 Å². The zero-order valence-electron chi connectivity index (χ0n) is 18.9. The van der Waals surface area contributed by atoms with Gasteiger partial charge in [-0.15, -0.1) is 0 Å². The number of hydrogen-bond acceptors (Lipinski definition) is 2. The van der Waals surface area contributed by atoms with Crippen molar-refractivity contribution in [2.45, 2.75) is 96.8 Å². The van der Waals surface area contributed by atoms with Gasteiger partial charge in [0.25, 0.3) is 0 Å². The van der Waals surface area contributed by atoms with Crippen LogP contribution in [0.15, 0.2) is 0 Å². The van der Waals surface area contributed by atoms with E-state index in [4.69, 9.17) is 0 Å². The van der Waals surface area contributed by atoms with Gasteiger partial charge in [0.2, 0.25) is 0 Å². The van der Waals surface area contributed by atoms with E-state index in [0.717, 1.165) is 25.9 Å². The molecule has 26 heavy (non-hydrogen) atoms. The molecule has 0 heterocycles. The fourth-order valence-electron chi connectivity index (χ4n) is 3.63. The fourth-order valence-corrected chi connectivity index (χ4v) is 3.63. The van der Waals surface area contributed by atoms with E-state index in [1.165, 1.54) is 64.2 Å². The Bertz CT molecular complexity index is 341. The molecule has 0 saturated heterocycles. The van der Waals surface area contributed by atoms with Gasteiger partial charge >= 0.3 is 5.91 Å². The lowest BCUT2D eigenvalue weighted by Gasteiger charge is -2.44. The van der Waals surface area contributed by atoms with Gasteiger partial charge in [-0.2, -0.15) is 0 Å². The lowest BCUT2D eigenvalue weighted by Crippen LogP contribution is -2.67. The van der Waals surface area contributed by atoms with Crippen LogP contribution in [0, 0.1) is 0 Å². The van der Waals surface area contributed by atoms with Gasteiger partial charge < -0.3 is 14.7 Å². The van der Waals surface area contributed by atoms with E-state index in [0.29, 0.717) is 11.0 Å². The molecule has 0 rings (SSSR count). The molecule has 0 aromatic heterocycles. The second-order valence-corrected chi connectivity index (χ2v) is 9.54. The molecule has 0 aromatic carbocycles. The molecule has 0 aliphatic carbocycles. The Kier molecular flexibility index (Phi) is 13.0. The maximum absolute atomic E-state index is 10.8. The molecule has 0 aliphatic rings. The van der Waals surface area contributed by atoms with Gasteiger partial charge in [-0.3, -0.25) is 4.48 Å². The minimum absolute atomic E-state index is 0.263. The number of likely N-dealkylation sites (N-methyl/N-ethyl adjacent to an activating group) is 2. The number of rotatable bonds is 17. The van der Waals surface area contributed by atoms with Gasteiger partial charge in [0.05, 0.1) is 41.3 Å². The summed E-state index contributed by atoms with van der Waals surface area (Å²) < 4.78 is 0.928. The number of aliphatic hydroxyl groups is 2. The second kappa shape index (κ2) is 13.1. The topological polar surface area (TPSA) is 40.5 Å². The first-order valence-electron chi connectivity index (χ1n) is 11.2. The van der Waals surface area contributed by atoms with Crippen LogP contribution in [0.1, 0.15) is 90.9 Å². The summed E-state index contributed by atoms with van der Waals surface area (Å²) in [5, 5.41) is 21.6. The highest BCUT2D eigenvalue weighted by Gasteiger charge is 2.47. The molecule has 0 spiro atoms. The first kappa shape index (κ1) is 25.8. The molecule has 158 valence electrons. The Balaban J connectivity index is 4.25. The first-order chi connectivity index (χ1) is 12.1. The van der Waals surface area contributed by atoms with Crippen molar-refractivity contribution in [3.63, 3.8) is 0 Å². The SMILES string of the molecule is CCCCCCCC[N+](C)(C)CC(O)(O)[N+](C)(C)CCCCCCCC. The zero-order valence-corrected chi connectivity index (χ0v) is 18.9. The molecule has 0 bridgehead atoms. The maximum Gasteiger partial charge on any atom is 0.365 e. The number of unbranched alkanes of at least 4 members (excludes halogenated alkanes) is 10. The fraction of sp³-hybridized carbons (Fsp3) is 1.00. The average Bonchev–Trinajstić information content (AvgIpc) is 2.53. The molecule has 2 N–H and O–H groups in total. The third-order valence-corrected chi connectivity index (χ3v) is 5.80. The molecule has 0 aromatic rings. The van der Waals surface area contributed by atoms with E-state index in [-0.39, 0.29) is 4.48 Å². The van der Waals surface area contributed by atoms with Crippen molar-refractivity contribution < 1.29 is 19.2 Å². The third kappa shape index (κ3) is 11.5. The highest BCUT2D eigenvalue weighted by Crippen LogP contribution is 2.21. The zero-order chi connectivity index (χ0) is 20.1. The van der Waals surface area contributed by atoms with E-state index in [1.54, 1.807) is 0 Å². The van der Waals surface area contributed by atoms with Gasteiger partial charge in [-0.05, 0) is 25.7 Å². The quantitative estimate of drug-likeness (QED) is 0.224. The van der Waals surface area contributed by atoms with Crippen molar-refractivity contribution in [3.8, 4) is 0 Å². The van der Waals surface area contributed by atoms with Crippen LogP contribution in [0.25, 0.3) is 0 Å². The predicted octanol–water partition coefficient (Wildman–Crippen LogP) is 4.50. The van der Waals surface area contributed by atoms with Crippen LogP contribution in [0.4, 0.5) is 0 Å². The van der Waals surface area contributed by atoms with Crippen LogP contribution in [0.5, 0.6) is 0 Å². The molecule has 0 unspecified atom stereocenters. The Morgan fingerprint density at radius 1 is 0.577 bits per heavy atom. The van der Waals surface area contributed by atoms with Gasteiger partial charge in [-0.25, -0.2) is 0 Å². The third-order valence-electron chi connectivity index (χ3n) is 5.80. The summed E-state index contributed by atoms with van der Waals surface area (Å²) >= 11 is 0. The standard InChI is InChI=1S/C22H50N2O2/c1-7-9-11-13-15-17-19-23(3,4)21-22(25,26)24(5,6)20-18-16-14-12-10-8-2/h25-26H,7-21H2,1-6H3/q+2. The summed E-state index contributed by atoms with van der Waals surface area (Å²) in [7, 11) is 8.16. The molecular weight excluding hydrogens is 324 g/mol. The molecule has 0 amide bonds. The predicted molar refractivity (Wildman–Crippen MR) is 113 cm³/mol. The van der Waals surface area contributed by atoms with Crippen molar-refractivity contribution in [1.29, 1.82) is 0 Å². The highest BCUT2D eigenvalue weighted by molar-refractivity contribution is 4.54. The Morgan fingerprint density at radius 3 is 1.42 bits per heavy atom. The Hall–Kier alpha value is -0.160. The van der Waals surface area contributed by atoms with Crippen LogP contribution in [-0.2, 0) is 0 Å². The number of nitrogens with zero attached hydrogens (tertiary/aromatic N) is 2. The molecule has 4 heteroatoms. The van der Waals surface area contributed by atoms with E-state index in [2.05, 4.69) is 27.9 Å². The summed E-state index contributed by atoms with van der Waals surface area (Å²) in [5.74, 6) is -1.67. The van der Waals surface area contributed by atoms with E-state index >= 15 is 0 Å². The molecular formula is C22H50N2O2+2. The maximum atomic E-state index is 10.8. The van der Waals surface area contributed by atoms with Crippen molar-refractivity contribution in [2.24, 2.45) is 0 Å². The molecule has 0 radical (unpaired) electrons. The Morgan fingerprint density at radius 2 is 0.962 bits per heavy atom. The van der Waals surface area contributed by atoms with Gasteiger partial charge in [0, 0.05) is 0 Å². The van der Waals surface area contributed by atoms with Crippen molar-refractivity contribution >= 4 is 0 Å². The molecule has 0 saturated carbocycles. The summed E-state index contributed by atoms with van der Waals surface area (Å²) in [6.07, 6.45) is 15.1. The summed E-state index contributed by atoms with van der Waals surface area (Å²) in [6.45, 7) is 6.68. The molecule has 4 nitrogen and oxygen atoms in total. The van der Waals surface area contributed by atoms with Crippen LogP contribution in [-0.4, -0.2) is 72.9 Å². The van der Waals surface area contributed by atoms with E-state index in [9.17, 15) is 10.2 Å². The van der Waals surface area contributed by atoms with Gasteiger partial charge in [-0.1, -0.05) is 65.2 Å². The first-order valence-corrected chi connectivity index (χ1v) is 11.2.